The maximum absolute atomic E-state index is 13.5. The molecule has 2 atom stereocenters. The first-order valence-corrected chi connectivity index (χ1v) is 8.10. The van der Waals surface area contributed by atoms with Crippen LogP contribution in [0.5, 0.6) is 0 Å². The van der Waals surface area contributed by atoms with Gasteiger partial charge in [-0.2, -0.15) is 0 Å². The van der Waals surface area contributed by atoms with Gasteiger partial charge in [-0.25, -0.2) is 12.8 Å². The average Bonchev–Trinajstić information content (AvgIpc) is 2.30. The third-order valence-corrected chi connectivity index (χ3v) is 5.89. The molecule has 3 N–H and O–H groups in total. The van der Waals surface area contributed by atoms with Crippen LogP contribution in [0.1, 0.15) is 36.4 Å². The second kappa shape index (κ2) is 5.56. The van der Waals surface area contributed by atoms with Crippen LogP contribution >= 0.6 is 0 Å². The minimum atomic E-state index is -3.17. The van der Waals surface area contributed by atoms with E-state index in [4.69, 9.17) is 5.84 Å². The predicted molar refractivity (Wildman–Crippen MR) is 72.6 cm³/mol. The molecule has 2 unspecified atom stereocenters. The quantitative estimate of drug-likeness (QED) is 0.654. The Bertz CT molecular complexity index is 540. The molecule has 106 valence electrons. The highest BCUT2D eigenvalue weighted by Gasteiger charge is 2.36. The fourth-order valence-corrected chi connectivity index (χ4v) is 4.80. The molecule has 1 fully saturated rings. The second-order valence-electron chi connectivity index (χ2n) is 5.11. The summed E-state index contributed by atoms with van der Waals surface area (Å²) in [5.41, 5.74) is 3.90. The molecule has 19 heavy (non-hydrogen) atoms. The average molecular weight is 286 g/mol. The second-order valence-corrected chi connectivity index (χ2v) is 7.45. The van der Waals surface area contributed by atoms with E-state index in [1.807, 2.05) is 0 Å². The molecular formula is C13H19FN2O2S. The largest absolute Gasteiger partial charge is 0.271 e. The summed E-state index contributed by atoms with van der Waals surface area (Å²) in [7, 11) is -3.17. The van der Waals surface area contributed by atoms with E-state index >= 15 is 0 Å². The molecule has 1 saturated heterocycles. The van der Waals surface area contributed by atoms with Gasteiger partial charge in [-0.15, -0.1) is 0 Å². The molecule has 0 bridgehead atoms. The van der Waals surface area contributed by atoms with E-state index < -0.39 is 21.1 Å². The Morgan fingerprint density at radius 2 is 2.11 bits per heavy atom. The first kappa shape index (κ1) is 14.4. The third kappa shape index (κ3) is 3.13. The van der Waals surface area contributed by atoms with E-state index in [9.17, 15) is 12.8 Å². The number of sulfone groups is 1. The Labute approximate surface area is 113 Å². The number of benzene rings is 1. The summed E-state index contributed by atoms with van der Waals surface area (Å²) >= 11 is 0. The molecular weight excluding hydrogens is 267 g/mol. The molecule has 1 heterocycles. The SMILES string of the molecule is Cc1cc(F)cc(C(NN)C2CCCCS2(=O)=O)c1. The Hall–Kier alpha value is -0.980. The number of hydrogen-bond donors (Lipinski definition) is 2. The van der Waals surface area contributed by atoms with E-state index in [2.05, 4.69) is 5.43 Å². The molecule has 0 aliphatic carbocycles. The summed E-state index contributed by atoms with van der Waals surface area (Å²) in [4.78, 5) is 0. The molecule has 1 aliphatic rings. The molecule has 0 saturated carbocycles. The van der Waals surface area contributed by atoms with Crippen LogP contribution in [-0.4, -0.2) is 19.4 Å². The molecule has 0 amide bonds. The van der Waals surface area contributed by atoms with Crippen molar-refractivity contribution < 1.29 is 12.8 Å². The molecule has 6 heteroatoms. The number of hydrazine groups is 1. The van der Waals surface area contributed by atoms with Crippen LogP contribution in [0.4, 0.5) is 4.39 Å². The lowest BCUT2D eigenvalue weighted by Crippen LogP contribution is -2.43. The smallest absolute Gasteiger partial charge is 0.155 e. The highest BCUT2D eigenvalue weighted by Crippen LogP contribution is 2.31. The third-order valence-electron chi connectivity index (χ3n) is 3.60. The van der Waals surface area contributed by atoms with Crippen LogP contribution < -0.4 is 11.3 Å². The number of aryl methyl sites for hydroxylation is 1. The van der Waals surface area contributed by atoms with Crippen molar-refractivity contribution in [1.29, 1.82) is 0 Å². The van der Waals surface area contributed by atoms with Gasteiger partial charge in [0.25, 0.3) is 0 Å². The first-order chi connectivity index (χ1) is 8.94. The minimum absolute atomic E-state index is 0.185. The van der Waals surface area contributed by atoms with Crippen molar-refractivity contribution in [2.24, 2.45) is 5.84 Å². The summed E-state index contributed by atoms with van der Waals surface area (Å²) in [6, 6.07) is 3.98. The van der Waals surface area contributed by atoms with E-state index in [1.165, 1.54) is 12.1 Å². The van der Waals surface area contributed by atoms with Crippen LogP contribution in [0.25, 0.3) is 0 Å². The predicted octanol–water partition coefficient (Wildman–Crippen LogP) is 1.61. The normalized spacial score (nSPS) is 24.1. The molecule has 2 rings (SSSR count). The highest BCUT2D eigenvalue weighted by atomic mass is 32.2. The van der Waals surface area contributed by atoms with Gasteiger partial charge in [-0.1, -0.05) is 12.5 Å². The lowest BCUT2D eigenvalue weighted by atomic mass is 9.98. The zero-order valence-corrected chi connectivity index (χ0v) is 11.7. The zero-order chi connectivity index (χ0) is 14.0. The number of nitrogens with two attached hydrogens (primary N) is 1. The van der Waals surface area contributed by atoms with Crippen molar-refractivity contribution in [3.8, 4) is 0 Å². The van der Waals surface area contributed by atoms with Gasteiger partial charge in [0.05, 0.1) is 17.0 Å². The number of hydrogen-bond acceptors (Lipinski definition) is 4. The van der Waals surface area contributed by atoms with Crippen molar-refractivity contribution in [3.05, 3.63) is 35.1 Å². The summed E-state index contributed by atoms with van der Waals surface area (Å²) in [6.07, 6.45) is 2.11. The van der Waals surface area contributed by atoms with Crippen LogP contribution in [0, 0.1) is 12.7 Å². The Kier molecular flexibility index (Phi) is 4.23. The molecule has 1 aromatic carbocycles. The van der Waals surface area contributed by atoms with E-state index in [0.717, 1.165) is 12.0 Å². The van der Waals surface area contributed by atoms with Gasteiger partial charge in [-0.05, 0) is 43.0 Å². The van der Waals surface area contributed by atoms with Gasteiger partial charge in [-0.3, -0.25) is 11.3 Å². The monoisotopic (exact) mass is 286 g/mol. The van der Waals surface area contributed by atoms with Gasteiger partial charge >= 0.3 is 0 Å². The molecule has 4 nitrogen and oxygen atoms in total. The van der Waals surface area contributed by atoms with Gasteiger partial charge in [0, 0.05) is 0 Å². The van der Waals surface area contributed by atoms with Crippen LogP contribution in [-0.2, 0) is 9.84 Å². The van der Waals surface area contributed by atoms with Crippen LogP contribution in [0.2, 0.25) is 0 Å². The fourth-order valence-electron chi connectivity index (χ4n) is 2.72. The lowest BCUT2D eigenvalue weighted by molar-refractivity contribution is 0.452. The van der Waals surface area contributed by atoms with Gasteiger partial charge < -0.3 is 0 Å². The Morgan fingerprint density at radius 3 is 2.68 bits per heavy atom. The van der Waals surface area contributed by atoms with Crippen molar-refractivity contribution >= 4 is 9.84 Å². The summed E-state index contributed by atoms with van der Waals surface area (Å²) in [5, 5.41) is -0.576. The van der Waals surface area contributed by atoms with Crippen molar-refractivity contribution in [3.63, 3.8) is 0 Å². The van der Waals surface area contributed by atoms with Crippen LogP contribution in [0.3, 0.4) is 0 Å². The van der Waals surface area contributed by atoms with E-state index in [-0.39, 0.29) is 11.6 Å². The number of nitrogens with one attached hydrogen (secondary N) is 1. The first-order valence-electron chi connectivity index (χ1n) is 6.39. The summed E-state index contributed by atoms with van der Waals surface area (Å²) in [6.45, 7) is 1.77. The molecule has 0 radical (unpaired) electrons. The number of halogens is 1. The van der Waals surface area contributed by atoms with Crippen molar-refractivity contribution in [2.45, 2.75) is 37.5 Å². The Balaban J connectivity index is 2.38. The molecule has 0 spiro atoms. The van der Waals surface area contributed by atoms with Crippen molar-refractivity contribution in [1.82, 2.24) is 5.43 Å². The maximum atomic E-state index is 13.5. The topological polar surface area (TPSA) is 72.2 Å². The van der Waals surface area contributed by atoms with Crippen LogP contribution in [0.15, 0.2) is 18.2 Å². The lowest BCUT2D eigenvalue weighted by Gasteiger charge is -2.30. The molecule has 0 aromatic heterocycles. The minimum Gasteiger partial charge on any atom is -0.271 e. The molecule has 1 aliphatic heterocycles. The van der Waals surface area contributed by atoms with Gasteiger partial charge in [0.15, 0.2) is 9.84 Å². The highest BCUT2D eigenvalue weighted by molar-refractivity contribution is 7.92. The summed E-state index contributed by atoms with van der Waals surface area (Å²) in [5.74, 6) is 5.33. The zero-order valence-electron chi connectivity index (χ0n) is 10.9. The number of rotatable bonds is 3. The molecule has 1 aromatic rings. The van der Waals surface area contributed by atoms with Gasteiger partial charge in [0.2, 0.25) is 0 Å². The van der Waals surface area contributed by atoms with E-state index in [0.29, 0.717) is 18.4 Å². The standard InChI is InChI=1S/C13H19FN2O2S/c1-9-6-10(8-11(14)7-9)13(16-15)12-4-2-3-5-19(12,17)18/h6-8,12-13,16H,2-5,15H2,1H3. The Morgan fingerprint density at radius 1 is 1.37 bits per heavy atom. The van der Waals surface area contributed by atoms with Gasteiger partial charge in [0.1, 0.15) is 5.82 Å². The maximum Gasteiger partial charge on any atom is 0.155 e. The fraction of sp³-hybridized carbons (Fsp3) is 0.538. The van der Waals surface area contributed by atoms with Crippen molar-refractivity contribution in [2.75, 3.05) is 5.75 Å². The van der Waals surface area contributed by atoms with E-state index in [1.54, 1.807) is 13.0 Å². The summed E-state index contributed by atoms with van der Waals surface area (Å²) < 4.78 is 37.7.